The maximum atomic E-state index is 13.8. The van der Waals surface area contributed by atoms with Crippen molar-refractivity contribution in [2.24, 2.45) is 5.92 Å². The van der Waals surface area contributed by atoms with E-state index in [4.69, 9.17) is 9.47 Å². The molecule has 0 saturated carbocycles. The van der Waals surface area contributed by atoms with Crippen molar-refractivity contribution < 1.29 is 34.1 Å². The van der Waals surface area contributed by atoms with Gasteiger partial charge in [-0.3, -0.25) is 24.1 Å². The zero-order valence-corrected chi connectivity index (χ0v) is 32.8. The second-order valence-electron chi connectivity index (χ2n) is 15.8. The van der Waals surface area contributed by atoms with Gasteiger partial charge in [0.05, 0.1) is 11.6 Å². The number of carbonyl (C=O) groups excluding carboxylic acids is 3. The lowest BCUT2D eigenvalue weighted by Crippen LogP contribution is -2.66. The Morgan fingerprint density at radius 2 is 1.59 bits per heavy atom. The highest BCUT2D eigenvalue weighted by Gasteiger charge is 2.55. The number of likely N-dealkylation sites (tertiary alicyclic amines) is 1. The number of H-pyrrole nitrogens is 1. The lowest BCUT2D eigenvalue weighted by Gasteiger charge is -2.50. The summed E-state index contributed by atoms with van der Waals surface area (Å²) in [5.41, 5.74) is 2.42. The summed E-state index contributed by atoms with van der Waals surface area (Å²) in [5.74, 6) is 0.346. The Kier molecular flexibility index (Phi) is 11.8. The SMILES string of the molecule is O=C(NCCCNCC(O)c1ccc(O)c2[nH]c(=O)ccc12)c1ccc(COc2ccc(C(=O)N3CC(C(=O)O[C@H]4CN5CCC4CC5)(c4ccccc4)C3)cc2)cc1. The number of aromatic amines is 1. The van der Waals surface area contributed by atoms with Gasteiger partial charge >= 0.3 is 5.97 Å². The van der Waals surface area contributed by atoms with E-state index in [9.17, 15) is 29.4 Å². The lowest BCUT2D eigenvalue weighted by atomic mass is 9.73. The number of aliphatic hydroxyl groups is 1. The van der Waals surface area contributed by atoms with E-state index < -0.39 is 11.5 Å². The minimum absolute atomic E-state index is 0.0619. The van der Waals surface area contributed by atoms with Gasteiger partial charge in [-0.1, -0.05) is 48.5 Å². The highest BCUT2D eigenvalue weighted by Crippen LogP contribution is 2.39. The number of hydrogen-bond donors (Lipinski definition) is 5. The van der Waals surface area contributed by atoms with Crippen LogP contribution in [-0.2, 0) is 21.6 Å². The largest absolute Gasteiger partial charge is 0.506 e. The third kappa shape index (κ3) is 8.73. The fourth-order valence-electron chi connectivity index (χ4n) is 8.44. The maximum Gasteiger partial charge on any atom is 0.320 e. The van der Waals surface area contributed by atoms with Crippen molar-refractivity contribution in [3.8, 4) is 11.5 Å². The summed E-state index contributed by atoms with van der Waals surface area (Å²) in [6, 6.07) is 29.8. The first-order valence-electron chi connectivity index (χ1n) is 20.3. The minimum atomic E-state index is -0.884. The van der Waals surface area contributed by atoms with E-state index in [2.05, 4.69) is 20.5 Å². The van der Waals surface area contributed by atoms with Crippen LogP contribution in [0.4, 0.5) is 0 Å². The number of pyridine rings is 1. The molecule has 5 aromatic rings. The van der Waals surface area contributed by atoms with Crippen molar-refractivity contribution in [1.29, 1.82) is 0 Å². The molecule has 0 radical (unpaired) electrons. The molecule has 59 heavy (non-hydrogen) atoms. The summed E-state index contributed by atoms with van der Waals surface area (Å²) in [7, 11) is 0. The topological polar surface area (TPSA) is 174 Å². The van der Waals surface area contributed by atoms with Crippen LogP contribution in [0.2, 0.25) is 0 Å². The Morgan fingerprint density at radius 1 is 0.864 bits per heavy atom. The molecule has 5 N–H and O–H groups in total. The number of carbonyl (C=O) groups is 3. The summed E-state index contributed by atoms with van der Waals surface area (Å²) in [4.78, 5) is 58.4. The molecule has 4 aliphatic heterocycles. The van der Waals surface area contributed by atoms with Crippen molar-refractivity contribution in [3.05, 3.63) is 141 Å². The number of benzene rings is 4. The molecule has 4 aromatic carbocycles. The Hall–Kier alpha value is -6.02. The van der Waals surface area contributed by atoms with Crippen LogP contribution in [0.15, 0.2) is 108 Å². The fourth-order valence-corrected chi connectivity index (χ4v) is 8.44. The average Bonchev–Trinajstić information content (AvgIpc) is 3.25. The second-order valence-corrected chi connectivity index (χ2v) is 15.8. The first-order chi connectivity index (χ1) is 28.7. The normalized spacial score (nSPS) is 19.7. The van der Waals surface area contributed by atoms with Gasteiger partial charge in [-0.2, -0.15) is 0 Å². The highest BCUT2D eigenvalue weighted by molar-refractivity contribution is 5.98. The van der Waals surface area contributed by atoms with Gasteiger partial charge < -0.3 is 40.2 Å². The Bertz CT molecular complexity index is 2340. The van der Waals surface area contributed by atoms with E-state index in [1.54, 1.807) is 53.4 Å². The van der Waals surface area contributed by atoms with Crippen molar-refractivity contribution in [3.63, 3.8) is 0 Å². The second kappa shape index (κ2) is 17.5. The van der Waals surface area contributed by atoms with E-state index in [0.29, 0.717) is 53.3 Å². The molecule has 4 aliphatic rings. The fraction of sp³-hybridized carbons (Fsp3) is 0.348. The van der Waals surface area contributed by atoms with Crippen molar-refractivity contribution >= 4 is 28.7 Å². The molecule has 13 heteroatoms. The van der Waals surface area contributed by atoms with E-state index >= 15 is 0 Å². The van der Waals surface area contributed by atoms with Crippen LogP contribution in [0.3, 0.4) is 0 Å². The Morgan fingerprint density at radius 3 is 2.31 bits per heavy atom. The molecular weight excluding hydrogens is 751 g/mol. The molecule has 1 unspecified atom stereocenters. The molecule has 13 nitrogen and oxygen atoms in total. The van der Waals surface area contributed by atoms with Crippen LogP contribution >= 0.6 is 0 Å². The Balaban J connectivity index is 0.762. The number of aliphatic hydroxyl groups excluding tert-OH is 1. The molecule has 306 valence electrons. The summed E-state index contributed by atoms with van der Waals surface area (Å²) in [5, 5.41) is 27.5. The quantitative estimate of drug-likeness (QED) is 0.0760. The smallest absolute Gasteiger partial charge is 0.320 e. The van der Waals surface area contributed by atoms with Gasteiger partial charge in [0, 0.05) is 55.3 Å². The zero-order chi connectivity index (χ0) is 40.9. The van der Waals surface area contributed by atoms with Crippen LogP contribution in [0.1, 0.15) is 62.8 Å². The molecule has 2 bridgehead atoms. The van der Waals surface area contributed by atoms with Crippen molar-refractivity contribution in [2.45, 2.75) is 43.5 Å². The van der Waals surface area contributed by atoms with Gasteiger partial charge in [0.2, 0.25) is 5.56 Å². The number of nitrogens with one attached hydrogen (secondary N) is 3. The number of nitrogens with zero attached hydrogens (tertiary/aromatic N) is 2. The molecule has 2 amide bonds. The number of piperidine rings is 3. The average molecular weight is 800 g/mol. The first kappa shape index (κ1) is 39.8. The number of phenols is 1. The summed E-state index contributed by atoms with van der Waals surface area (Å²) >= 11 is 0. The number of rotatable bonds is 15. The predicted octanol–water partition coefficient (Wildman–Crippen LogP) is 4.29. The number of esters is 1. The number of aromatic nitrogens is 1. The van der Waals surface area contributed by atoms with Gasteiger partial charge in [0.15, 0.2) is 0 Å². The van der Waals surface area contributed by atoms with E-state index in [0.717, 1.165) is 43.6 Å². The molecule has 5 heterocycles. The maximum absolute atomic E-state index is 13.8. The summed E-state index contributed by atoms with van der Waals surface area (Å²) < 4.78 is 12.2. The Labute approximate surface area is 342 Å². The molecule has 0 spiro atoms. The highest BCUT2D eigenvalue weighted by atomic mass is 16.5. The number of ether oxygens (including phenoxy) is 2. The number of fused-ring (bicyclic) bond motifs is 4. The molecular formula is C46H49N5O8. The van der Waals surface area contributed by atoms with Crippen LogP contribution in [0, 0.1) is 5.92 Å². The molecule has 4 saturated heterocycles. The lowest BCUT2D eigenvalue weighted by molar-refractivity contribution is -0.171. The zero-order valence-electron chi connectivity index (χ0n) is 32.8. The van der Waals surface area contributed by atoms with Crippen LogP contribution in [-0.4, -0.2) is 101 Å². The van der Waals surface area contributed by atoms with E-state index in [1.165, 1.54) is 12.1 Å². The van der Waals surface area contributed by atoms with Gasteiger partial charge in [0.25, 0.3) is 11.8 Å². The van der Waals surface area contributed by atoms with Crippen LogP contribution in [0.5, 0.6) is 11.5 Å². The van der Waals surface area contributed by atoms with Crippen LogP contribution < -0.4 is 20.9 Å². The van der Waals surface area contributed by atoms with E-state index in [-0.39, 0.29) is 67.0 Å². The summed E-state index contributed by atoms with van der Waals surface area (Å²) in [6.45, 7) is 4.96. The number of phenolic OH excluding ortho intramolecular Hbond substituents is 1. The van der Waals surface area contributed by atoms with Crippen molar-refractivity contribution in [2.75, 3.05) is 52.4 Å². The predicted molar refractivity (Wildman–Crippen MR) is 221 cm³/mol. The standard InChI is InChI=1S/C46H49N5O8/c52-38-17-15-36(37-16-18-41(54)49-42(37)38)39(53)25-47-21-4-22-48-43(55)32-9-7-30(8-10-32)27-58-35-13-11-33(12-14-35)44(56)51-28-46(29-51,34-5-2-1-3-6-34)45(57)59-40-26-50-23-19-31(40)20-24-50/h1-3,5-18,31,39-40,47,52-53H,4,19-29H2,(H,48,55)(H,49,54)/t39?,40-/m0/s1. The number of aromatic hydroxyl groups is 1. The molecule has 1 aromatic heterocycles. The first-order valence-corrected chi connectivity index (χ1v) is 20.3. The van der Waals surface area contributed by atoms with Gasteiger partial charge in [-0.25, -0.2) is 0 Å². The van der Waals surface area contributed by atoms with Gasteiger partial charge in [-0.05, 0) is 110 Å². The van der Waals surface area contributed by atoms with Gasteiger partial charge in [0.1, 0.15) is 29.6 Å². The third-order valence-electron chi connectivity index (χ3n) is 11.9. The van der Waals surface area contributed by atoms with E-state index in [1.807, 2.05) is 42.5 Å². The number of hydrogen-bond acceptors (Lipinski definition) is 10. The molecule has 2 atom stereocenters. The number of amides is 2. The summed E-state index contributed by atoms with van der Waals surface area (Å²) in [6.07, 6.45) is 1.79. The molecule has 0 aliphatic carbocycles. The minimum Gasteiger partial charge on any atom is -0.506 e. The van der Waals surface area contributed by atoms with Crippen molar-refractivity contribution in [1.82, 2.24) is 25.4 Å². The third-order valence-corrected chi connectivity index (χ3v) is 11.9. The monoisotopic (exact) mass is 799 g/mol. The molecule has 4 fully saturated rings. The molecule has 9 rings (SSSR count). The van der Waals surface area contributed by atoms with Crippen LogP contribution in [0.25, 0.3) is 10.9 Å². The van der Waals surface area contributed by atoms with Gasteiger partial charge in [-0.15, -0.1) is 0 Å².